The van der Waals surface area contributed by atoms with Gasteiger partial charge in [-0.2, -0.15) is 0 Å². The maximum Gasteiger partial charge on any atom is 0.241 e. The molecule has 1 fully saturated rings. The molecule has 0 spiro atoms. The van der Waals surface area contributed by atoms with Gasteiger partial charge in [0.1, 0.15) is 5.82 Å². The Kier molecular flexibility index (Phi) is 4.55. The topological polar surface area (TPSA) is 81.4 Å². The predicted octanol–water partition coefficient (Wildman–Crippen LogP) is 1.73. The van der Waals surface area contributed by atoms with Gasteiger partial charge in [0.25, 0.3) is 0 Å². The van der Waals surface area contributed by atoms with Crippen LogP contribution in [0.5, 0.6) is 0 Å². The largest absolute Gasteiger partial charge is 0.396 e. The number of sulfonamides is 1. The van der Waals surface area contributed by atoms with Crippen LogP contribution in [-0.2, 0) is 14.8 Å². The minimum Gasteiger partial charge on any atom is -0.396 e. The van der Waals surface area contributed by atoms with Crippen molar-refractivity contribution in [3.63, 3.8) is 0 Å². The molecule has 0 aliphatic carbocycles. The molecular weight excluding hydrogens is 295 g/mol. The first-order valence-electron chi connectivity index (χ1n) is 6.89. The Bertz CT molecular complexity index is 640. The van der Waals surface area contributed by atoms with Crippen molar-refractivity contribution in [2.45, 2.75) is 38.1 Å². The molecule has 0 aromatic heterocycles. The minimum atomic E-state index is -3.75. The van der Waals surface area contributed by atoms with Crippen molar-refractivity contribution in [3.05, 3.63) is 23.0 Å². The summed E-state index contributed by atoms with van der Waals surface area (Å²) in [6.07, 6.45) is 0.827. The Morgan fingerprint density at radius 2 is 2.14 bits per heavy atom. The molecule has 5 nitrogen and oxygen atoms in total. The number of benzene rings is 1. The van der Waals surface area contributed by atoms with E-state index in [1.807, 2.05) is 6.92 Å². The number of aryl methyl sites for hydroxylation is 1. The van der Waals surface area contributed by atoms with Gasteiger partial charge in [0.05, 0.1) is 17.2 Å². The molecule has 1 aliphatic heterocycles. The number of nitrogens with two attached hydrogens (primary N) is 1. The maximum absolute atomic E-state index is 13.6. The van der Waals surface area contributed by atoms with Gasteiger partial charge in [-0.25, -0.2) is 17.5 Å². The summed E-state index contributed by atoms with van der Waals surface area (Å²) in [4.78, 5) is 0.0622. The molecule has 0 bridgehead atoms. The van der Waals surface area contributed by atoms with Crippen LogP contribution < -0.4 is 10.5 Å². The Labute approximate surface area is 124 Å². The Morgan fingerprint density at radius 1 is 1.48 bits per heavy atom. The van der Waals surface area contributed by atoms with E-state index in [0.717, 1.165) is 12.5 Å². The molecule has 2 rings (SSSR count). The van der Waals surface area contributed by atoms with Crippen molar-refractivity contribution in [1.29, 1.82) is 0 Å². The monoisotopic (exact) mass is 316 g/mol. The van der Waals surface area contributed by atoms with Crippen molar-refractivity contribution in [1.82, 2.24) is 4.72 Å². The summed E-state index contributed by atoms with van der Waals surface area (Å²) in [5.74, 6) is -0.445. The molecule has 7 heteroatoms. The molecule has 118 valence electrons. The number of hydrogen-bond acceptors (Lipinski definition) is 4. The van der Waals surface area contributed by atoms with Crippen LogP contribution in [0, 0.1) is 25.6 Å². The fraction of sp³-hybridized carbons (Fsp3) is 0.571. The first-order valence-corrected chi connectivity index (χ1v) is 8.37. The first kappa shape index (κ1) is 16.2. The van der Waals surface area contributed by atoms with Gasteiger partial charge in [-0.15, -0.1) is 0 Å². The Hall–Kier alpha value is -1.18. The van der Waals surface area contributed by atoms with Gasteiger partial charge < -0.3 is 10.5 Å². The van der Waals surface area contributed by atoms with Crippen LogP contribution in [0.1, 0.15) is 24.5 Å². The predicted molar refractivity (Wildman–Crippen MR) is 79.0 cm³/mol. The summed E-state index contributed by atoms with van der Waals surface area (Å²) in [5, 5.41) is 0. The Balaban J connectivity index is 2.33. The van der Waals surface area contributed by atoms with E-state index in [-0.39, 0.29) is 28.1 Å². The molecular formula is C14H21FN2O3S. The fourth-order valence-corrected chi connectivity index (χ4v) is 4.49. The number of anilines is 1. The lowest BCUT2D eigenvalue weighted by Gasteiger charge is -2.21. The van der Waals surface area contributed by atoms with Gasteiger partial charge in [0.2, 0.25) is 10.0 Å². The summed E-state index contributed by atoms with van der Waals surface area (Å²) in [5.41, 5.74) is 6.08. The zero-order valence-electron chi connectivity index (χ0n) is 12.4. The molecule has 0 amide bonds. The molecule has 1 aliphatic rings. The van der Waals surface area contributed by atoms with Crippen LogP contribution >= 0.6 is 0 Å². The van der Waals surface area contributed by atoms with Crippen molar-refractivity contribution >= 4 is 15.7 Å². The SMILES string of the molecule is Cc1cc(F)c(N)c(C)c1S(=O)(=O)NC(C)C1CCOC1. The van der Waals surface area contributed by atoms with Crippen molar-refractivity contribution in [3.8, 4) is 0 Å². The Morgan fingerprint density at radius 3 is 2.71 bits per heavy atom. The molecule has 2 unspecified atom stereocenters. The smallest absolute Gasteiger partial charge is 0.241 e. The lowest BCUT2D eigenvalue weighted by molar-refractivity contribution is 0.180. The first-order chi connectivity index (χ1) is 9.74. The molecule has 21 heavy (non-hydrogen) atoms. The highest BCUT2D eigenvalue weighted by Crippen LogP contribution is 2.28. The third-order valence-corrected chi connectivity index (χ3v) is 5.83. The molecule has 1 aromatic carbocycles. The molecule has 1 heterocycles. The molecule has 2 atom stereocenters. The number of halogens is 1. The molecule has 1 aromatic rings. The van der Waals surface area contributed by atoms with Crippen LogP contribution in [0.25, 0.3) is 0 Å². The van der Waals surface area contributed by atoms with E-state index in [1.54, 1.807) is 6.92 Å². The van der Waals surface area contributed by atoms with Crippen molar-refractivity contribution in [2.75, 3.05) is 18.9 Å². The van der Waals surface area contributed by atoms with Crippen LogP contribution in [0.3, 0.4) is 0 Å². The number of ether oxygens (including phenoxy) is 1. The fourth-order valence-electron chi connectivity index (χ4n) is 2.69. The van der Waals surface area contributed by atoms with Crippen LogP contribution in [0.15, 0.2) is 11.0 Å². The molecule has 3 N–H and O–H groups in total. The third kappa shape index (κ3) is 3.20. The van der Waals surface area contributed by atoms with Crippen molar-refractivity contribution in [2.24, 2.45) is 5.92 Å². The van der Waals surface area contributed by atoms with E-state index in [9.17, 15) is 12.8 Å². The highest BCUT2D eigenvalue weighted by Gasteiger charge is 2.29. The second kappa shape index (κ2) is 5.90. The zero-order chi connectivity index (χ0) is 15.8. The van der Waals surface area contributed by atoms with Gasteiger partial charge in [-0.3, -0.25) is 0 Å². The average Bonchev–Trinajstić information content (AvgIpc) is 2.89. The van der Waals surface area contributed by atoms with E-state index in [1.165, 1.54) is 6.92 Å². The molecule has 1 saturated heterocycles. The van der Waals surface area contributed by atoms with Gasteiger partial charge in [0, 0.05) is 18.6 Å². The van der Waals surface area contributed by atoms with Crippen molar-refractivity contribution < 1.29 is 17.5 Å². The van der Waals surface area contributed by atoms with E-state index in [2.05, 4.69) is 4.72 Å². The van der Waals surface area contributed by atoms with E-state index in [4.69, 9.17) is 10.5 Å². The summed E-state index contributed by atoms with van der Waals surface area (Å²) in [6, 6.07) is 0.905. The van der Waals surface area contributed by atoms with E-state index in [0.29, 0.717) is 18.8 Å². The number of hydrogen-bond donors (Lipinski definition) is 2. The summed E-state index contributed by atoms with van der Waals surface area (Å²) >= 11 is 0. The lowest BCUT2D eigenvalue weighted by Crippen LogP contribution is -2.39. The lowest BCUT2D eigenvalue weighted by atomic mass is 10.0. The number of nitrogens with one attached hydrogen (secondary N) is 1. The van der Waals surface area contributed by atoms with Gasteiger partial charge in [-0.05, 0) is 44.4 Å². The highest BCUT2D eigenvalue weighted by atomic mass is 32.2. The summed E-state index contributed by atoms with van der Waals surface area (Å²) in [6.45, 7) is 6.09. The van der Waals surface area contributed by atoms with Gasteiger partial charge in [0.15, 0.2) is 0 Å². The van der Waals surface area contributed by atoms with Crippen LogP contribution in [0.2, 0.25) is 0 Å². The number of nitrogen functional groups attached to an aromatic ring is 1. The van der Waals surface area contributed by atoms with E-state index < -0.39 is 15.8 Å². The normalized spacial score (nSPS) is 20.7. The third-order valence-electron chi connectivity index (χ3n) is 3.99. The quantitative estimate of drug-likeness (QED) is 0.829. The van der Waals surface area contributed by atoms with Gasteiger partial charge >= 0.3 is 0 Å². The minimum absolute atomic E-state index is 0.0622. The molecule has 0 radical (unpaired) electrons. The van der Waals surface area contributed by atoms with Crippen LogP contribution in [-0.4, -0.2) is 27.7 Å². The maximum atomic E-state index is 13.6. The average molecular weight is 316 g/mol. The summed E-state index contributed by atoms with van der Waals surface area (Å²) < 4.78 is 46.6. The molecule has 0 saturated carbocycles. The highest BCUT2D eigenvalue weighted by molar-refractivity contribution is 7.89. The summed E-state index contributed by atoms with van der Waals surface area (Å²) in [7, 11) is -3.75. The van der Waals surface area contributed by atoms with Gasteiger partial charge in [-0.1, -0.05) is 0 Å². The standard InChI is InChI=1S/C14H21FN2O3S/c1-8-6-12(15)13(16)9(2)14(8)21(18,19)17-10(3)11-4-5-20-7-11/h6,10-11,17H,4-5,7,16H2,1-3H3. The zero-order valence-corrected chi connectivity index (χ0v) is 13.3. The second-order valence-corrected chi connectivity index (χ2v) is 7.23. The second-order valence-electron chi connectivity index (χ2n) is 5.58. The van der Waals surface area contributed by atoms with Crippen LogP contribution in [0.4, 0.5) is 10.1 Å². The van der Waals surface area contributed by atoms with E-state index >= 15 is 0 Å². The number of rotatable bonds is 4.